The van der Waals surface area contributed by atoms with Crippen LogP contribution < -0.4 is 5.32 Å². The zero-order valence-electron chi connectivity index (χ0n) is 14.6. The second kappa shape index (κ2) is 8.51. The molecule has 0 aliphatic rings. The van der Waals surface area contributed by atoms with Crippen LogP contribution in [0.1, 0.15) is 21.7 Å². The first-order valence-electron chi connectivity index (χ1n) is 8.25. The van der Waals surface area contributed by atoms with E-state index < -0.39 is 18.5 Å². The lowest BCUT2D eigenvalue weighted by atomic mass is 10.1. The topological polar surface area (TPSA) is 81.4 Å². The third-order valence-corrected chi connectivity index (χ3v) is 4.19. The molecule has 0 fully saturated rings. The predicted molar refractivity (Wildman–Crippen MR) is 100 cm³/mol. The molecule has 27 heavy (non-hydrogen) atoms. The lowest BCUT2D eigenvalue weighted by Crippen LogP contribution is -2.28. The van der Waals surface area contributed by atoms with Crippen LogP contribution in [0.25, 0.3) is 11.3 Å². The van der Waals surface area contributed by atoms with Crippen molar-refractivity contribution < 1.29 is 18.8 Å². The number of hydrogen-bond donors (Lipinski definition) is 1. The van der Waals surface area contributed by atoms with Crippen LogP contribution in [0.15, 0.2) is 59.1 Å². The number of aromatic nitrogens is 1. The summed E-state index contributed by atoms with van der Waals surface area (Å²) in [4.78, 5) is 24.4. The van der Waals surface area contributed by atoms with Gasteiger partial charge in [-0.3, -0.25) is 4.79 Å². The molecule has 0 radical (unpaired) electrons. The van der Waals surface area contributed by atoms with Gasteiger partial charge in [-0.1, -0.05) is 65.3 Å². The summed E-state index contributed by atoms with van der Waals surface area (Å²) in [5.74, 6) is -0.807. The molecular formula is C20H17ClN2O4. The van der Waals surface area contributed by atoms with Gasteiger partial charge in [-0.05, 0) is 18.6 Å². The van der Waals surface area contributed by atoms with Gasteiger partial charge in [0.05, 0.1) is 5.02 Å². The molecule has 3 rings (SSSR count). The smallest absolute Gasteiger partial charge is 0.344 e. The van der Waals surface area contributed by atoms with E-state index in [0.29, 0.717) is 22.9 Å². The number of halogens is 1. The summed E-state index contributed by atoms with van der Waals surface area (Å²) in [5, 5.41) is 7.03. The highest BCUT2D eigenvalue weighted by molar-refractivity contribution is 6.33. The van der Waals surface area contributed by atoms with Crippen molar-refractivity contribution in [1.29, 1.82) is 0 Å². The van der Waals surface area contributed by atoms with Gasteiger partial charge in [0.15, 0.2) is 6.61 Å². The fraction of sp³-hybridized carbons (Fsp3) is 0.150. The predicted octanol–water partition coefficient (Wildman–Crippen LogP) is 3.78. The highest BCUT2D eigenvalue weighted by atomic mass is 35.5. The maximum absolute atomic E-state index is 12.5. The molecule has 7 heteroatoms. The molecule has 0 aliphatic carbocycles. The van der Waals surface area contributed by atoms with Crippen molar-refractivity contribution in [3.8, 4) is 11.3 Å². The number of hydrogen-bond acceptors (Lipinski definition) is 5. The average molecular weight is 385 g/mol. The standard InChI is InChI=1S/C20H17ClN2O4/c1-13-18(19(23-27-13)15-9-5-6-10-16(15)21)20(25)26-12-17(24)22-11-14-7-3-2-4-8-14/h2-10H,11-12H2,1H3,(H,22,24). The van der Waals surface area contributed by atoms with Crippen LogP contribution in [0, 0.1) is 6.92 Å². The fourth-order valence-corrected chi connectivity index (χ4v) is 2.73. The number of esters is 1. The molecule has 0 saturated carbocycles. The largest absolute Gasteiger partial charge is 0.452 e. The van der Waals surface area contributed by atoms with Crippen molar-refractivity contribution in [3.05, 3.63) is 76.5 Å². The number of benzene rings is 2. The number of aryl methyl sites for hydroxylation is 1. The Kier molecular flexibility index (Phi) is 5.88. The summed E-state index contributed by atoms with van der Waals surface area (Å²) in [7, 11) is 0. The minimum absolute atomic E-state index is 0.152. The minimum atomic E-state index is -0.696. The Balaban J connectivity index is 1.64. The average Bonchev–Trinajstić information content (AvgIpc) is 3.07. The van der Waals surface area contributed by atoms with Gasteiger partial charge >= 0.3 is 5.97 Å². The third kappa shape index (κ3) is 4.54. The Hall–Kier alpha value is -3.12. The normalized spacial score (nSPS) is 10.4. The molecule has 6 nitrogen and oxygen atoms in total. The summed E-state index contributed by atoms with van der Waals surface area (Å²) in [5.41, 5.74) is 1.94. The van der Waals surface area contributed by atoms with Gasteiger partial charge in [0, 0.05) is 12.1 Å². The van der Waals surface area contributed by atoms with Crippen molar-refractivity contribution in [1.82, 2.24) is 10.5 Å². The van der Waals surface area contributed by atoms with Crippen LogP contribution in [0.3, 0.4) is 0 Å². The summed E-state index contributed by atoms with van der Waals surface area (Å²) < 4.78 is 10.3. The second-order valence-corrected chi connectivity index (χ2v) is 6.19. The van der Waals surface area contributed by atoms with Gasteiger partial charge in [0.1, 0.15) is 17.0 Å². The zero-order chi connectivity index (χ0) is 19.2. The molecule has 1 amide bonds. The van der Waals surface area contributed by atoms with Crippen molar-refractivity contribution in [2.45, 2.75) is 13.5 Å². The highest BCUT2D eigenvalue weighted by Crippen LogP contribution is 2.31. The molecule has 0 saturated heterocycles. The van der Waals surface area contributed by atoms with E-state index >= 15 is 0 Å². The fourth-order valence-electron chi connectivity index (χ4n) is 2.50. The number of nitrogens with one attached hydrogen (secondary N) is 1. The highest BCUT2D eigenvalue weighted by Gasteiger charge is 2.24. The van der Waals surface area contributed by atoms with E-state index in [1.807, 2.05) is 30.3 Å². The molecule has 0 bridgehead atoms. The minimum Gasteiger partial charge on any atom is -0.452 e. The first-order valence-corrected chi connectivity index (χ1v) is 8.63. The number of amides is 1. The van der Waals surface area contributed by atoms with Gasteiger partial charge in [0.25, 0.3) is 5.91 Å². The second-order valence-electron chi connectivity index (χ2n) is 5.78. The zero-order valence-corrected chi connectivity index (χ0v) is 15.3. The van der Waals surface area contributed by atoms with Crippen molar-refractivity contribution in [3.63, 3.8) is 0 Å². The van der Waals surface area contributed by atoms with E-state index in [4.69, 9.17) is 20.9 Å². The number of ether oxygens (including phenoxy) is 1. The van der Waals surface area contributed by atoms with Crippen molar-refractivity contribution in [2.24, 2.45) is 0 Å². The Morgan fingerprint density at radius 3 is 2.56 bits per heavy atom. The number of nitrogens with zero attached hydrogens (tertiary/aromatic N) is 1. The maximum atomic E-state index is 12.5. The first kappa shape index (κ1) is 18.7. The van der Waals surface area contributed by atoms with Gasteiger partial charge in [-0.2, -0.15) is 0 Å². The van der Waals surface area contributed by atoms with Crippen LogP contribution in [0.4, 0.5) is 0 Å². The van der Waals surface area contributed by atoms with Gasteiger partial charge in [0.2, 0.25) is 0 Å². The van der Waals surface area contributed by atoms with Gasteiger partial charge in [-0.15, -0.1) is 0 Å². The van der Waals surface area contributed by atoms with Gasteiger partial charge in [-0.25, -0.2) is 4.79 Å². The van der Waals surface area contributed by atoms with Crippen LogP contribution in [-0.2, 0) is 16.1 Å². The van der Waals surface area contributed by atoms with Crippen molar-refractivity contribution in [2.75, 3.05) is 6.61 Å². The summed E-state index contributed by atoms with van der Waals surface area (Å²) in [6.07, 6.45) is 0. The Morgan fingerprint density at radius 2 is 1.81 bits per heavy atom. The first-order chi connectivity index (χ1) is 13.1. The molecular weight excluding hydrogens is 368 g/mol. The lowest BCUT2D eigenvalue weighted by Gasteiger charge is -2.07. The van der Waals surface area contributed by atoms with E-state index in [1.54, 1.807) is 31.2 Å². The molecule has 0 atom stereocenters. The Morgan fingerprint density at radius 1 is 1.11 bits per heavy atom. The third-order valence-electron chi connectivity index (χ3n) is 3.86. The number of rotatable bonds is 6. The SMILES string of the molecule is Cc1onc(-c2ccccc2Cl)c1C(=O)OCC(=O)NCc1ccccc1. The molecule has 0 unspecified atom stereocenters. The molecule has 138 valence electrons. The van der Waals surface area contributed by atoms with Gasteiger partial charge < -0.3 is 14.6 Å². The summed E-state index contributed by atoms with van der Waals surface area (Å²) in [6, 6.07) is 16.4. The van der Waals surface area contributed by atoms with E-state index in [2.05, 4.69) is 10.5 Å². The molecule has 1 N–H and O–H groups in total. The van der Waals surface area contributed by atoms with Crippen molar-refractivity contribution >= 4 is 23.5 Å². The van der Waals surface area contributed by atoms with Crippen LogP contribution >= 0.6 is 11.6 Å². The number of carbonyl (C=O) groups excluding carboxylic acids is 2. The van der Waals surface area contributed by atoms with Crippen LogP contribution in [0.2, 0.25) is 5.02 Å². The molecule has 0 spiro atoms. The molecule has 3 aromatic rings. The monoisotopic (exact) mass is 384 g/mol. The Bertz CT molecular complexity index is 954. The molecule has 2 aromatic carbocycles. The maximum Gasteiger partial charge on any atom is 0.344 e. The molecule has 0 aliphatic heterocycles. The van der Waals surface area contributed by atoms with E-state index in [0.717, 1.165) is 5.56 Å². The summed E-state index contributed by atoms with van der Waals surface area (Å²) in [6.45, 7) is 1.55. The quantitative estimate of drug-likeness (QED) is 0.654. The van der Waals surface area contributed by atoms with E-state index in [1.165, 1.54) is 0 Å². The lowest BCUT2D eigenvalue weighted by molar-refractivity contribution is -0.124. The van der Waals surface area contributed by atoms with Crippen LogP contribution in [-0.4, -0.2) is 23.6 Å². The van der Waals surface area contributed by atoms with E-state index in [-0.39, 0.29) is 11.3 Å². The van der Waals surface area contributed by atoms with E-state index in [9.17, 15) is 9.59 Å². The Labute approximate surface area is 161 Å². The van der Waals surface area contributed by atoms with Crippen LogP contribution in [0.5, 0.6) is 0 Å². The molecule has 1 aromatic heterocycles. The number of carbonyl (C=O) groups is 2. The summed E-state index contributed by atoms with van der Waals surface area (Å²) >= 11 is 6.17. The molecule has 1 heterocycles.